The van der Waals surface area contributed by atoms with Crippen molar-refractivity contribution in [3.05, 3.63) is 18.2 Å². The predicted octanol–water partition coefficient (Wildman–Crippen LogP) is 3.43. The molecule has 3 nitrogen and oxygen atoms in total. The van der Waals surface area contributed by atoms with Crippen LogP contribution in [0.2, 0.25) is 0 Å². The first-order valence-corrected chi connectivity index (χ1v) is 7.35. The van der Waals surface area contributed by atoms with Crippen molar-refractivity contribution in [3.63, 3.8) is 0 Å². The molecule has 0 aliphatic heterocycles. The van der Waals surface area contributed by atoms with E-state index < -0.39 is 12.1 Å². The summed E-state index contributed by atoms with van der Waals surface area (Å²) in [4.78, 5) is 4.17. The summed E-state index contributed by atoms with van der Waals surface area (Å²) in [5.74, 6) is -1.10. The second-order valence-electron chi connectivity index (χ2n) is 5.99. The normalized spacial score (nSPS) is 27.8. The maximum Gasteiger partial charge on any atom is 0.391 e. The van der Waals surface area contributed by atoms with Gasteiger partial charge in [0.15, 0.2) is 0 Å². The molecule has 2 fully saturated rings. The smallest absolute Gasteiger partial charge is 0.330 e. The lowest BCUT2D eigenvalue weighted by Gasteiger charge is -2.30. The van der Waals surface area contributed by atoms with Gasteiger partial charge in [-0.15, -0.1) is 0 Å². The first-order chi connectivity index (χ1) is 9.54. The fourth-order valence-electron chi connectivity index (χ4n) is 3.02. The van der Waals surface area contributed by atoms with Crippen LogP contribution in [0.25, 0.3) is 0 Å². The van der Waals surface area contributed by atoms with Crippen LogP contribution in [0.3, 0.4) is 0 Å². The van der Waals surface area contributed by atoms with E-state index in [0.29, 0.717) is 25.4 Å². The van der Waals surface area contributed by atoms with Crippen LogP contribution < -0.4 is 5.32 Å². The Bertz CT molecular complexity index is 443. The Morgan fingerprint density at radius 2 is 1.85 bits per heavy atom. The Balaban J connectivity index is 1.47. The second-order valence-corrected chi connectivity index (χ2v) is 5.99. The molecule has 1 heterocycles. The summed E-state index contributed by atoms with van der Waals surface area (Å²) in [6.07, 6.45) is 3.84. The lowest BCUT2D eigenvalue weighted by Crippen LogP contribution is -2.36. The Labute approximate surface area is 116 Å². The molecular weight excluding hydrogens is 267 g/mol. The van der Waals surface area contributed by atoms with Crippen LogP contribution >= 0.6 is 0 Å². The van der Waals surface area contributed by atoms with E-state index in [1.54, 1.807) is 0 Å². The Hall–Kier alpha value is -1.04. The highest BCUT2D eigenvalue weighted by molar-refractivity contribution is 5.03. The molecule has 3 rings (SSSR count). The van der Waals surface area contributed by atoms with E-state index in [-0.39, 0.29) is 18.9 Å². The van der Waals surface area contributed by atoms with Gasteiger partial charge in [0.05, 0.1) is 17.9 Å². The minimum absolute atomic E-state index is 0.205. The number of nitrogens with zero attached hydrogens (tertiary/aromatic N) is 2. The van der Waals surface area contributed by atoms with E-state index in [2.05, 4.69) is 14.9 Å². The van der Waals surface area contributed by atoms with Crippen molar-refractivity contribution in [3.8, 4) is 0 Å². The Morgan fingerprint density at radius 3 is 2.45 bits per heavy atom. The molecule has 0 amide bonds. The zero-order chi connectivity index (χ0) is 14.2. The van der Waals surface area contributed by atoms with Crippen molar-refractivity contribution in [2.24, 2.45) is 5.92 Å². The van der Waals surface area contributed by atoms with Gasteiger partial charge in [-0.05, 0) is 38.5 Å². The molecule has 1 N–H and O–H groups in total. The fourth-order valence-corrected chi connectivity index (χ4v) is 3.02. The summed E-state index contributed by atoms with van der Waals surface area (Å²) in [5.41, 5.74) is 1.14. The highest BCUT2D eigenvalue weighted by atomic mass is 19.4. The lowest BCUT2D eigenvalue weighted by molar-refractivity contribution is -0.182. The molecule has 6 heteroatoms. The van der Waals surface area contributed by atoms with E-state index in [1.807, 2.05) is 12.5 Å². The number of rotatable bonds is 4. The van der Waals surface area contributed by atoms with Gasteiger partial charge in [-0.2, -0.15) is 13.2 Å². The summed E-state index contributed by atoms with van der Waals surface area (Å²) >= 11 is 0. The topological polar surface area (TPSA) is 29.9 Å². The molecule has 0 unspecified atom stereocenters. The average Bonchev–Trinajstić information content (AvgIpc) is 3.15. The van der Waals surface area contributed by atoms with Gasteiger partial charge < -0.3 is 9.88 Å². The molecule has 0 saturated heterocycles. The van der Waals surface area contributed by atoms with Crippen molar-refractivity contribution in [2.45, 2.75) is 63.3 Å². The quantitative estimate of drug-likeness (QED) is 0.919. The van der Waals surface area contributed by atoms with Crippen molar-refractivity contribution in [1.82, 2.24) is 14.9 Å². The van der Waals surface area contributed by atoms with Gasteiger partial charge in [0, 0.05) is 24.8 Å². The number of hydrogen-bond donors (Lipinski definition) is 1. The second kappa shape index (κ2) is 5.39. The third-order valence-electron chi connectivity index (χ3n) is 4.45. The van der Waals surface area contributed by atoms with Gasteiger partial charge >= 0.3 is 6.18 Å². The highest BCUT2D eigenvalue weighted by Crippen LogP contribution is 2.38. The third-order valence-corrected chi connectivity index (χ3v) is 4.45. The van der Waals surface area contributed by atoms with E-state index in [9.17, 15) is 13.2 Å². The van der Waals surface area contributed by atoms with Crippen molar-refractivity contribution < 1.29 is 13.2 Å². The molecule has 2 saturated carbocycles. The summed E-state index contributed by atoms with van der Waals surface area (Å²) in [7, 11) is 0. The van der Waals surface area contributed by atoms with Gasteiger partial charge in [-0.1, -0.05) is 0 Å². The zero-order valence-corrected chi connectivity index (χ0v) is 11.4. The van der Waals surface area contributed by atoms with E-state index >= 15 is 0 Å². The van der Waals surface area contributed by atoms with Gasteiger partial charge in [0.1, 0.15) is 0 Å². The molecule has 0 aromatic carbocycles. The number of imidazole rings is 1. The standard InChI is InChI=1S/C14H20F3N3/c15-14(16,17)10-1-3-11(4-2-10)19-8-13-7-18-9-20(13)12-5-6-12/h7,9-12,19H,1-6,8H2. The molecule has 1 aromatic heterocycles. The largest absolute Gasteiger partial charge is 0.391 e. The average molecular weight is 287 g/mol. The first-order valence-electron chi connectivity index (χ1n) is 7.35. The molecule has 0 spiro atoms. The van der Waals surface area contributed by atoms with Crippen LogP contribution in [0.15, 0.2) is 12.5 Å². The molecule has 2 aliphatic rings. The van der Waals surface area contributed by atoms with Gasteiger partial charge in [-0.25, -0.2) is 4.98 Å². The van der Waals surface area contributed by atoms with Crippen LogP contribution in [-0.4, -0.2) is 21.8 Å². The van der Waals surface area contributed by atoms with Gasteiger partial charge in [-0.3, -0.25) is 0 Å². The van der Waals surface area contributed by atoms with Crippen molar-refractivity contribution in [2.75, 3.05) is 0 Å². The van der Waals surface area contributed by atoms with Crippen LogP contribution in [0.4, 0.5) is 13.2 Å². The zero-order valence-electron chi connectivity index (χ0n) is 11.4. The minimum atomic E-state index is -4.02. The third kappa shape index (κ3) is 3.16. The molecule has 0 bridgehead atoms. The molecule has 0 radical (unpaired) electrons. The highest BCUT2D eigenvalue weighted by Gasteiger charge is 2.41. The molecule has 0 atom stereocenters. The van der Waals surface area contributed by atoms with Crippen molar-refractivity contribution in [1.29, 1.82) is 0 Å². The van der Waals surface area contributed by atoms with Crippen LogP contribution in [-0.2, 0) is 6.54 Å². The number of alkyl halides is 3. The van der Waals surface area contributed by atoms with Crippen molar-refractivity contribution >= 4 is 0 Å². The molecular formula is C14H20F3N3. The Kier molecular flexibility index (Phi) is 3.75. The molecule has 112 valence electrons. The number of nitrogens with one attached hydrogen (secondary N) is 1. The SMILES string of the molecule is FC(F)(F)C1CCC(NCc2cncn2C2CC2)CC1. The molecule has 1 aromatic rings. The predicted molar refractivity (Wildman–Crippen MR) is 69.1 cm³/mol. The van der Waals surface area contributed by atoms with E-state index in [0.717, 1.165) is 5.69 Å². The first kappa shape index (κ1) is 13.9. The van der Waals surface area contributed by atoms with Crippen LogP contribution in [0.5, 0.6) is 0 Å². The molecule has 20 heavy (non-hydrogen) atoms. The van der Waals surface area contributed by atoms with Gasteiger partial charge in [0.25, 0.3) is 0 Å². The monoisotopic (exact) mass is 287 g/mol. The maximum absolute atomic E-state index is 12.6. The Morgan fingerprint density at radius 1 is 1.15 bits per heavy atom. The van der Waals surface area contributed by atoms with Crippen LogP contribution in [0, 0.1) is 5.92 Å². The number of hydrogen-bond acceptors (Lipinski definition) is 2. The number of halogens is 3. The summed E-state index contributed by atoms with van der Waals surface area (Å²) in [6, 6.07) is 0.798. The fraction of sp³-hybridized carbons (Fsp3) is 0.786. The van der Waals surface area contributed by atoms with E-state index in [4.69, 9.17) is 0 Å². The summed E-state index contributed by atoms with van der Waals surface area (Å²) in [6.45, 7) is 0.706. The van der Waals surface area contributed by atoms with Crippen LogP contribution in [0.1, 0.15) is 50.3 Å². The number of aromatic nitrogens is 2. The van der Waals surface area contributed by atoms with E-state index in [1.165, 1.54) is 12.8 Å². The lowest BCUT2D eigenvalue weighted by atomic mass is 9.85. The summed E-state index contributed by atoms with van der Waals surface area (Å²) < 4.78 is 40.0. The van der Waals surface area contributed by atoms with Gasteiger partial charge in [0.2, 0.25) is 0 Å². The minimum Gasteiger partial charge on any atom is -0.330 e. The summed E-state index contributed by atoms with van der Waals surface area (Å²) in [5, 5.41) is 3.39. The maximum atomic E-state index is 12.6. The molecule has 2 aliphatic carbocycles.